The van der Waals surface area contributed by atoms with Crippen LogP contribution < -0.4 is 0 Å². The lowest BCUT2D eigenvalue weighted by Gasteiger charge is -2.22. The number of rotatable bonds is 6. The molecule has 0 amide bonds. The van der Waals surface area contributed by atoms with E-state index >= 15 is 0 Å². The van der Waals surface area contributed by atoms with Gasteiger partial charge in [0.25, 0.3) is 0 Å². The molecule has 1 saturated carbocycles. The van der Waals surface area contributed by atoms with Gasteiger partial charge in [-0.25, -0.2) is 0 Å². The highest BCUT2D eigenvalue weighted by Crippen LogP contribution is 2.29. The summed E-state index contributed by atoms with van der Waals surface area (Å²) in [6, 6.07) is 0. The molecule has 0 aromatic carbocycles. The van der Waals surface area contributed by atoms with Gasteiger partial charge in [-0.15, -0.1) is 0 Å². The summed E-state index contributed by atoms with van der Waals surface area (Å²) in [5.74, 6) is 0.801. The number of nitrogens with zero attached hydrogens (tertiary/aromatic N) is 2. The van der Waals surface area contributed by atoms with Gasteiger partial charge in [0, 0.05) is 24.0 Å². The van der Waals surface area contributed by atoms with Gasteiger partial charge in [-0.3, -0.25) is 4.68 Å². The maximum absolute atomic E-state index is 10.3. The summed E-state index contributed by atoms with van der Waals surface area (Å²) >= 11 is 8.21. The zero-order chi connectivity index (χ0) is 14.5. The molecule has 20 heavy (non-hydrogen) atoms. The zero-order valence-electron chi connectivity index (χ0n) is 12.4. The number of aryl methyl sites for hydroxylation is 2. The molecule has 1 unspecified atom stereocenters. The van der Waals surface area contributed by atoms with Crippen molar-refractivity contribution in [1.82, 2.24) is 9.78 Å². The van der Waals surface area contributed by atoms with Crippen molar-refractivity contribution in [3.8, 4) is 0 Å². The normalized spacial score (nSPS) is 18.4. The van der Waals surface area contributed by atoms with Crippen molar-refractivity contribution < 1.29 is 5.11 Å². The van der Waals surface area contributed by atoms with E-state index in [1.54, 1.807) is 0 Å². The molecule has 2 rings (SSSR count). The zero-order valence-corrected chi connectivity index (χ0v) is 14.0. The Labute approximate surface area is 131 Å². The van der Waals surface area contributed by atoms with Crippen molar-refractivity contribution in [2.45, 2.75) is 70.3 Å². The van der Waals surface area contributed by atoms with Crippen LogP contribution in [0.4, 0.5) is 0 Å². The van der Waals surface area contributed by atoms with Gasteiger partial charge >= 0.3 is 0 Å². The molecule has 0 bridgehead atoms. The smallest absolute Gasteiger partial charge is 0.0848 e. The number of halogens is 1. The van der Waals surface area contributed by atoms with Crippen LogP contribution in [-0.4, -0.2) is 32.0 Å². The molecule has 3 nitrogen and oxygen atoms in total. The van der Waals surface area contributed by atoms with Crippen LogP contribution >= 0.6 is 23.4 Å². The molecule has 1 heterocycles. The summed E-state index contributed by atoms with van der Waals surface area (Å²) in [4.78, 5) is 0. The molecule has 1 aliphatic carbocycles. The third-order valence-electron chi connectivity index (χ3n) is 3.96. The molecule has 0 radical (unpaired) electrons. The molecule has 0 saturated heterocycles. The van der Waals surface area contributed by atoms with Crippen LogP contribution in [-0.2, 0) is 13.0 Å². The van der Waals surface area contributed by atoms with Crippen LogP contribution in [0.3, 0.4) is 0 Å². The van der Waals surface area contributed by atoms with E-state index in [2.05, 4.69) is 12.0 Å². The van der Waals surface area contributed by atoms with Crippen LogP contribution in [0.1, 0.15) is 50.4 Å². The summed E-state index contributed by atoms with van der Waals surface area (Å²) in [5.41, 5.74) is 1.83. The van der Waals surface area contributed by atoms with Crippen molar-refractivity contribution in [2.24, 2.45) is 0 Å². The van der Waals surface area contributed by atoms with Crippen LogP contribution in [0.5, 0.6) is 0 Å². The monoisotopic (exact) mass is 316 g/mol. The van der Waals surface area contributed by atoms with Crippen LogP contribution in [0, 0.1) is 6.92 Å². The minimum atomic E-state index is -0.333. The Balaban J connectivity index is 1.86. The fourth-order valence-corrected chi connectivity index (χ4v) is 4.32. The largest absolute Gasteiger partial charge is 0.392 e. The van der Waals surface area contributed by atoms with E-state index in [0.29, 0.717) is 11.4 Å². The Hall–Kier alpha value is -0.190. The second-order valence-electron chi connectivity index (χ2n) is 5.61. The van der Waals surface area contributed by atoms with Crippen molar-refractivity contribution in [3.63, 3.8) is 0 Å². The standard InChI is InChI=1S/C15H25ClN2OS/c1-3-18-14(15(16)11(2)17-18)9-12(19)10-20-13-7-5-4-6-8-13/h12-13,19H,3-10H2,1-2H3. The molecule has 1 aromatic rings. The predicted octanol–water partition coefficient (Wildman–Crippen LogP) is 3.83. The van der Waals surface area contributed by atoms with Crippen LogP contribution in [0.2, 0.25) is 5.02 Å². The first-order chi connectivity index (χ1) is 9.61. The highest BCUT2D eigenvalue weighted by molar-refractivity contribution is 7.99. The summed E-state index contributed by atoms with van der Waals surface area (Å²) < 4.78 is 1.91. The van der Waals surface area contributed by atoms with E-state index in [4.69, 9.17) is 11.6 Å². The molecular weight excluding hydrogens is 292 g/mol. The Morgan fingerprint density at radius 3 is 2.75 bits per heavy atom. The van der Waals surface area contributed by atoms with Gasteiger partial charge < -0.3 is 5.11 Å². The predicted molar refractivity (Wildman–Crippen MR) is 86.7 cm³/mol. The molecule has 1 aromatic heterocycles. The van der Waals surface area contributed by atoms with E-state index in [1.165, 1.54) is 32.1 Å². The van der Waals surface area contributed by atoms with Gasteiger partial charge in [0.05, 0.1) is 22.5 Å². The first kappa shape index (κ1) is 16.2. The molecular formula is C15H25ClN2OS. The average molecular weight is 317 g/mol. The molecule has 1 atom stereocenters. The van der Waals surface area contributed by atoms with Gasteiger partial charge in [0.15, 0.2) is 0 Å². The lowest BCUT2D eigenvalue weighted by atomic mass is 10.0. The van der Waals surface area contributed by atoms with Crippen LogP contribution in [0.25, 0.3) is 0 Å². The highest BCUT2D eigenvalue weighted by atomic mass is 35.5. The maximum Gasteiger partial charge on any atom is 0.0848 e. The van der Waals surface area contributed by atoms with Crippen LogP contribution in [0.15, 0.2) is 0 Å². The summed E-state index contributed by atoms with van der Waals surface area (Å²) in [6.07, 6.45) is 6.97. The Morgan fingerprint density at radius 1 is 1.40 bits per heavy atom. The van der Waals surface area contributed by atoms with E-state index in [1.807, 2.05) is 23.4 Å². The number of thioether (sulfide) groups is 1. The first-order valence-electron chi connectivity index (χ1n) is 7.63. The highest BCUT2D eigenvalue weighted by Gasteiger charge is 2.19. The quantitative estimate of drug-likeness (QED) is 0.866. The van der Waals surface area contributed by atoms with E-state index in [-0.39, 0.29) is 6.10 Å². The summed E-state index contributed by atoms with van der Waals surface area (Å²) in [6.45, 7) is 4.77. The fraction of sp³-hybridized carbons (Fsp3) is 0.800. The van der Waals surface area contributed by atoms with Crippen molar-refractivity contribution in [1.29, 1.82) is 0 Å². The first-order valence-corrected chi connectivity index (χ1v) is 9.06. The lowest BCUT2D eigenvalue weighted by Crippen LogP contribution is -2.19. The number of aromatic nitrogens is 2. The second kappa shape index (κ2) is 7.71. The summed E-state index contributed by atoms with van der Waals surface area (Å²) in [5, 5.41) is 16.1. The molecule has 1 fully saturated rings. The lowest BCUT2D eigenvalue weighted by molar-refractivity contribution is 0.196. The molecule has 1 N–H and O–H groups in total. The minimum absolute atomic E-state index is 0.333. The minimum Gasteiger partial charge on any atom is -0.392 e. The Kier molecular flexibility index (Phi) is 6.24. The maximum atomic E-state index is 10.3. The number of aliphatic hydroxyl groups excluding tert-OH is 1. The molecule has 5 heteroatoms. The number of hydrogen-bond acceptors (Lipinski definition) is 3. The molecule has 1 aliphatic rings. The van der Waals surface area contributed by atoms with Gasteiger partial charge in [0.2, 0.25) is 0 Å². The number of aliphatic hydroxyl groups is 1. The topological polar surface area (TPSA) is 38.0 Å². The van der Waals surface area contributed by atoms with Crippen molar-refractivity contribution >= 4 is 23.4 Å². The van der Waals surface area contributed by atoms with Gasteiger partial charge in [-0.1, -0.05) is 30.9 Å². The van der Waals surface area contributed by atoms with E-state index in [9.17, 15) is 5.11 Å². The summed E-state index contributed by atoms with van der Waals surface area (Å²) in [7, 11) is 0. The Bertz CT molecular complexity index is 430. The average Bonchev–Trinajstić information content (AvgIpc) is 2.74. The fourth-order valence-electron chi connectivity index (χ4n) is 2.83. The SMILES string of the molecule is CCn1nc(C)c(Cl)c1CC(O)CSC1CCCCC1. The van der Waals surface area contributed by atoms with Gasteiger partial charge in [-0.2, -0.15) is 16.9 Å². The Morgan fingerprint density at radius 2 is 2.10 bits per heavy atom. The van der Waals surface area contributed by atoms with E-state index in [0.717, 1.165) is 28.9 Å². The second-order valence-corrected chi connectivity index (χ2v) is 7.32. The van der Waals surface area contributed by atoms with Crippen molar-refractivity contribution in [2.75, 3.05) is 5.75 Å². The molecule has 0 aliphatic heterocycles. The van der Waals surface area contributed by atoms with Gasteiger partial charge in [-0.05, 0) is 26.7 Å². The third-order valence-corrected chi connectivity index (χ3v) is 5.97. The van der Waals surface area contributed by atoms with E-state index < -0.39 is 0 Å². The van der Waals surface area contributed by atoms with Gasteiger partial charge in [0.1, 0.15) is 0 Å². The third kappa shape index (κ3) is 4.15. The molecule has 114 valence electrons. The number of hydrogen-bond donors (Lipinski definition) is 1. The van der Waals surface area contributed by atoms with Crippen molar-refractivity contribution in [3.05, 3.63) is 16.4 Å². The molecule has 0 spiro atoms.